The number of aliphatic hydroxyl groups is 2. The number of aliphatic hydroxyl groups excluding tert-OH is 1. The molecule has 2 aliphatic carbocycles. The zero-order chi connectivity index (χ0) is 38.1. The van der Waals surface area contributed by atoms with Crippen LogP contribution < -0.4 is 9.64 Å². The quantitative estimate of drug-likeness (QED) is 0.198. The van der Waals surface area contributed by atoms with Gasteiger partial charge in [-0.25, -0.2) is 8.78 Å². The molecule has 0 bridgehead atoms. The predicted molar refractivity (Wildman–Crippen MR) is 203 cm³/mol. The highest BCUT2D eigenvalue weighted by atomic mass is 19.1. The number of aryl methyl sites for hydroxylation is 1. The summed E-state index contributed by atoms with van der Waals surface area (Å²) in [6.07, 6.45) is 10.1. The number of benzene rings is 2. The molecule has 3 aliphatic heterocycles. The Bertz CT molecular complexity index is 2100. The summed E-state index contributed by atoms with van der Waals surface area (Å²) in [5.41, 5.74) is -0.543. The van der Waals surface area contributed by atoms with Crippen LogP contribution in [-0.2, 0) is 15.9 Å². The third kappa shape index (κ3) is 6.49. The number of phenolic OH excluding ortho intramolecular Hbond substituents is 1. The number of nitrogens with zero attached hydrogens (tertiary/aromatic N) is 5. The molecule has 3 N–H and O–H groups in total. The summed E-state index contributed by atoms with van der Waals surface area (Å²) in [5.74, 6) is -0.997. The topological polar surface area (TPSA) is 134 Å². The van der Waals surface area contributed by atoms with Crippen LogP contribution in [0.15, 0.2) is 30.5 Å². The van der Waals surface area contributed by atoms with Gasteiger partial charge in [-0.05, 0) is 105 Å². The van der Waals surface area contributed by atoms with Gasteiger partial charge in [0.1, 0.15) is 34.2 Å². The molecular weight excluding hydrogens is 708 g/mol. The molecule has 2 aromatic carbocycles. The van der Waals surface area contributed by atoms with Gasteiger partial charge in [0.2, 0.25) is 0 Å². The summed E-state index contributed by atoms with van der Waals surface area (Å²) in [7, 11) is 0. The molecule has 4 unspecified atom stereocenters. The average Bonchev–Trinajstić information content (AvgIpc) is 3.80. The molecule has 1 spiro atoms. The van der Waals surface area contributed by atoms with Crippen molar-refractivity contribution in [2.24, 2.45) is 10.8 Å². The molecule has 55 heavy (non-hydrogen) atoms. The lowest BCUT2D eigenvalue weighted by atomic mass is 9.63. The van der Waals surface area contributed by atoms with Crippen LogP contribution in [0, 0.1) is 22.5 Å². The first-order chi connectivity index (χ1) is 26.5. The Hall–Kier alpha value is -3.75. The van der Waals surface area contributed by atoms with Crippen molar-refractivity contribution in [3.05, 3.63) is 47.7 Å². The van der Waals surface area contributed by atoms with Crippen LogP contribution in [0.1, 0.15) is 70.8 Å². The molecule has 9 rings (SSSR count). The monoisotopic (exact) mass is 759 g/mol. The van der Waals surface area contributed by atoms with Crippen molar-refractivity contribution >= 4 is 27.5 Å². The van der Waals surface area contributed by atoms with Crippen LogP contribution in [-0.4, -0.2) is 112 Å². The Balaban J connectivity index is 1.12. The molecule has 2 saturated carbocycles. The Kier molecular flexibility index (Phi) is 9.39. The number of fused-ring (bicyclic) bond motifs is 3. The Morgan fingerprint density at radius 3 is 2.69 bits per heavy atom. The third-order valence-electron chi connectivity index (χ3n) is 13.3. The summed E-state index contributed by atoms with van der Waals surface area (Å²) in [6.45, 7) is 6.66. The zero-order valence-electron chi connectivity index (χ0n) is 31.7. The van der Waals surface area contributed by atoms with Crippen LogP contribution in [0.2, 0.25) is 0 Å². The third-order valence-corrected chi connectivity index (χ3v) is 13.3. The number of hydrogen-bond acceptors (Lipinski definition) is 11. The standard InChI is InChI=1S/C42H51F2N5O6/c1-3-29-32(43)8-7-25-14-27(51)15-30(34(25)29)36-35(44)37-31(18-45-36)38(48-19-28(20-50)54-22-40(2,52)21-48)47-39(46-37)55-24-42-9-4-6-33(42)49(12-5-10-42)26-16-41(17-26)11-13-53-23-41/h7-8,14-15,18,26,28,33,50-52H,3-6,9-13,16-17,19-24H2,1-2H3. The fourth-order valence-corrected chi connectivity index (χ4v) is 10.7. The molecule has 2 aromatic heterocycles. The van der Waals surface area contributed by atoms with E-state index in [0.29, 0.717) is 52.7 Å². The van der Waals surface area contributed by atoms with Crippen molar-refractivity contribution in [3.8, 4) is 23.0 Å². The molecular formula is C42H51F2N5O6. The van der Waals surface area contributed by atoms with Crippen LogP contribution in [0.4, 0.5) is 14.6 Å². The summed E-state index contributed by atoms with van der Waals surface area (Å²) in [5, 5.41) is 33.4. The van der Waals surface area contributed by atoms with Crippen molar-refractivity contribution < 1.29 is 38.3 Å². The second-order valence-electron chi connectivity index (χ2n) is 17.2. The second kappa shape index (κ2) is 14.0. The number of phenols is 1. The van der Waals surface area contributed by atoms with Crippen LogP contribution in [0.5, 0.6) is 11.8 Å². The van der Waals surface area contributed by atoms with E-state index in [2.05, 4.69) is 9.88 Å². The minimum absolute atomic E-state index is 0.00565. The fourth-order valence-electron chi connectivity index (χ4n) is 10.7. The number of halogens is 2. The highest BCUT2D eigenvalue weighted by molar-refractivity contribution is 6.01. The van der Waals surface area contributed by atoms with Crippen molar-refractivity contribution in [2.75, 3.05) is 57.6 Å². The summed E-state index contributed by atoms with van der Waals surface area (Å²) >= 11 is 0. The smallest absolute Gasteiger partial charge is 0.319 e. The molecule has 0 amide bonds. The zero-order valence-corrected chi connectivity index (χ0v) is 31.7. The highest BCUT2D eigenvalue weighted by Crippen LogP contribution is 2.55. The van der Waals surface area contributed by atoms with Gasteiger partial charge in [-0.3, -0.25) is 9.88 Å². The number of hydrogen-bond donors (Lipinski definition) is 3. The Labute approximate surface area is 319 Å². The van der Waals surface area contributed by atoms with Gasteiger partial charge >= 0.3 is 6.01 Å². The van der Waals surface area contributed by atoms with Crippen molar-refractivity contribution in [1.29, 1.82) is 0 Å². The molecule has 4 aromatic rings. The lowest BCUT2D eigenvalue weighted by Crippen LogP contribution is -2.60. The van der Waals surface area contributed by atoms with Gasteiger partial charge in [-0.2, -0.15) is 9.97 Å². The number of anilines is 1. The van der Waals surface area contributed by atoms with E-state index >= 15 is 8.78 Å². The maximum Gasteiger partial charge on any atom is 0.319 e. The van der Waals surface area contributed by atoms with E-state index in [-0.39, 0.29) is 65.6 Å². The summed E-state index contributed by atoms with van der Waals surface area (Å²) in [6, 6.07) is 6.80. The lowest BCUT2D eigenvalue weighted by molar-refractivity contribution is -0.0813. The van der Waals surface area contributed by atoms with E-state index in [1.807, 2.05) is 6.92 Å². The maximum atomic E-state index is 17.2. The number of pyridine rings is 1. The molecule has 13 heteroatoms. The van der Waals surface area contributed by atoms with E-state index in [4.69, 9.17) is 24.2 Å². The van der Waals surface area contributed by atoms with Gasteiger partial charge in [0.05, 0.1) is 44.5 Å². The average molecular weight is 760 g/mol. The van der Waals surface area contributed by atoms with Gasteiger partial charge in [0, 0.05) is 42.4 Å². The van der Waals surface area contributed by atoms with Gasteiger partial charge in [0.25, 0.3) is 0 Å². The van der Waals surface area contributed by atoms with E-state index in [1.165, 1.54) is 37.2 Å². The minimum atomic E-state index is -1.30. The molecule has 4 atom stereocenters. The molecule has 0 radical (unpaired) electrons. The maximum absolute atomic E-state index is 17.2. The number of rotatable bonds is 8. The first kappa shape index (κ1) is 36.9. The van der Waals surface area contributed by atoms with Gasteiger partial charge in [-0.15, -0.1) is 0 Å². The van der Waals surface area contributed by atoms with Gasteiger partial charge in [0.15, 0.2) is 5.82 Å². The minimum Gasteiger partial charge on any atom is -0.508 e. The first-order valence-electron chi connectivity index (χ1n) is 20.0. The van der Waals surface area contributed by atoms with E-state index < -0.39 is 23.3 Å². The fraction of sp³-hybridized carbons (Fsp3) is 0.595. The number of aromatic nitrogens is 3. The molecule has 294 valence electrons. The Morgan fingerprint density at radius 2 is 1.91 bits per heavy atom. The lowest BCUT2D eigenvalue weighted by Gasteiger charge is -2.56. The van der Waals surface area contributed by atoms with Gasteiger partial charge < -0.3 is 34.4 Å². The van der Waals surface area contributed by atoms with Crippen molar-refractivity contribution in [2.45, 2.75) is 95.4 Å². The largest absolute Gasteiger partial charge is 0.508 e. The second-order valence-corrected chi connectivity index (χ2v) is 17.2. The van der Waals surface area contributed by atoms with E-state index in [1.54, 1.807) is 17.9 Å². The predicted octanol–water partition coefficient (Wildman–Crippen LogP) is 5.92. The molecule has 5 fully saturated rings. The molecule has 11 nitrogen and oxygen atoms in total. The normalized spacial score (nSPS) is 31.2. The number of aromatic hydroxyl groups is 1. The van der Waals surface area contributed by atoms with Crippen molar-refractivity contribution in [3.63, 3.8) is 0 Å². The van der Waals surface area contributed by atoms with Crippen LogP contribution in [0.3, 0.4) is 0 Å². The molecule has 3 saturated heterocycles. The summed E-state index contributed by atoms with van der Waals surface area (Å²) < 4.78 is 50.6. The number of ether oxygens (including phenoxy) is 3. The Morgan fingerprint density at radius 1 is 1.07 bits per heavy atom. The first-order valence-corrected chi connectivity index (χ1v) is 20.0. The molecule has 5 heterocycles. The summed E-state index contributed by atoms with van der Waals surface area (Å²) in [4.78, 5) is 18.7. The number of likely N-dealkylation sites (tertiary alicyclic amines) is 1. The number of β-amino-alcohol motifs (C(OH)–C–C–N with tert-alkyl or cyclic N) is 1. The van der Waals surface area contributed by atoms with Crippen LogP contribution >= 0.6 is 0 Å². The van der Waals surface area contributed by atoms with E-state index in [0.717, 1.165) is 58.3 Å². The SMILES string of the molecule is CCc1c(F)ccc2cc(O)cc(-c3ncc4c(N5CC(CO)OCC(C)(O)C5)nc(OCC56CCCC5N(C5CC7(CCOC7)C5)CCC6)nc4c3F)c12. The van der Waals surface area contributed by atoms with Crippen LogP contribution in [0.25, 0.3) is 32.9 Å². The number of piperidine rings is 1. The van der Waals surface area contributed by atoms with Gasteiger partial charge in [-0.1, -0.05) is 19.4 Å². The highest BCUT2D eigenvalue weighted by Gasteiger charge is 2.55. The van der Waals surface area contributed by atoms with Crippen molar-refractivity contribution in [1.82, 2.24) is 19.9 Å². The molecule has 5 aliphatic rings. The van der Waals surface area contributed by atoms with E-state index in [9.17, 15) is 15.3 Å².